The molecular weight excluding hydrogens is 554 g/mol. The number of para-hydroxylation sites is 1. The number of hydrogen-bond donors (Lipinski definition) is 5. The average molecular weight is 588 g/mol. The Labute approximate surface area is 247 Å². The molecule has 0 aliphatic carbocycles. The number of amidine groups is 1. The maximum absolute atomic E-state index is 13.1. The summed E-state index contributed by atoms with van der Waals surface area (Å²) in [6, 6.07) is 18.6. The van der Waals surface area contributed by atoms with Gasteiger partial charge in [0, 0.05) is 25.2 Å². The van der Waals surface area contributed by atoms with Crippen molar-refractivity contribution in [2.75, 3.05) is 19.0 Å². The van der Waals surface area contributed by atoms with E-state index in [2.05, 4.69) is 20.7 Å². The molecule has 1 aromatic heterocycles. The fourth-order valence-corrected chi connectivity index (χ4v) is 4.24. The maximum Gasteiger partial charge on any atom is 0.348 e. The molecule has 3 aromatic carbocycles. The topological polar surface area (TPSA) is 186 Å². The van der Waals surface area contributed by atoms with Gasteiger partial charge >= 0.3 is 23.9 Å². The number of aromatic amines is 1. The number of rotatable bonds is 12. The molecule has 0 bridgehead atoms. The minimum atomic E-state index is -1.54. The van der Waals surface area contributed by atoms with Crippen molar-refractivity contribution >= 4 is 23.4 Å². The monoisotopic (exact) mass is 587 g/mol. The molecule has 2 atom stereocenters. The fraction of sp³-hybridized carbons (Fsp3) is 0.233. The first-order valence-electron chi connectivity index (χ1n) is 13.4. The van der Waals surface area contributed by atoms with Crippen LogP contribution in [-0.4, -0.2) is 52.4 Å². The van der Waals surface area contributed by atoms with Crippen molar-refractivity contribution in [2.24, 2.45) is 5.73 Å². The molecular formula is C30H33N7O6. The third-order valence-electron chi connectivity index (χ3n) is 6.33. The van der Waals surface area contributed by atoms with E-state index >= 15 is 0 Å². The lowest BCUT2D eigenvalue weighted by molar-refractivity contribution is -0.170. The fourth-order valence-electron chi connectivity index (χ4n) is 4.24. The van der Waals surface area contributed by atoms with Gasteiger partial charge in [-0.25, -0.2) is 4.79 Å². The maximum atomic E-state index is 13.1. The summed E-state index contributed by atoms with van der Waals surface area (Å²) >= 11 is 0. The summed E-state index contributed by atoms with van der Waals surface area (Å²) in [6.07, 6.45) is -1.54. The van der Waals surface area contributed by atoms with Crippen molar-refractivity contribution in [3.05, 3.63) is 99.7 Å². The number of H-pyrrole nitrogens is 1. The van der Waals surface area contributed by atoms with E-state index in [0.29, 0.717) is 28.3 Å². The molecule has 0 saturated heterocycles. The van der Waals surface area contributed by atoms with Crippen LogP contribution in [0.25, 0.3) is 5.69 Å². The molecule has 13 nitrogen and oxygen atoms in total. The standard InChI is InChI=1S/C30H33N7O6/c1-5-41-24-16-20(12-15-23(24)43-29(28(39)33-4)42-18(3)38)25(34-21-13-10-19(11-14-21)26(31)32)27-35-30(40)37(36-27)22-9-7-6-8-17(22)2/h6-16,25,29,34H,5H2,1-4H3,(H3,31,32)(H,33,39)(H,35,36,40). The van der Waals surface area contributed by atoms with Gasteiger partial charge in [-0.1, -0.05) is 24.3 Å². The van der Waals surface area contributed by atoms with Crippen LogP contribution in [0.1, 0.15) is 42.4 Å². The van der Waals surface area contributed by atoms with Gasteiger partial charge in [-0.15, -0.1) is 5.10 Å². The number of carbonyl (C=O) groups excluding carboxylic acids is 2. The van der Waals surface area contributed by atoms with Crippen molar-refractivity contribution in [3.8, 4) is 17.2 Å². The number of amides is 1. The molecule has 13 heteroatoms. The first-order chi connectivity index (χ1) is 20.6. The van der Waals surface area contributed by atoms with Gasteiger partial charge in [0.15, 0.2) is 17.3 Å². The molecule has 43 heavy (non-hydrogen) atoms. The van der Waals surface area contributed by atoms with Crippen molar-refractivity contribution in [3.63, 3.8) is 0 Å². The van der Waals surface area contributed by atoms with Crippen LogP contribution < -0.4 is 31.5 Å². The second kappa shape index (κ2) is 13.4. The highest BCUT2D eigenvalue weighted by Crippen LogP contribution is 2.34. The van der Waals surface area contributed by atoms with E-state index < -0.39 is 29.9 Å². The molecule has 1 heterocycles. The summed E-state index contributed by atoms with van der Waals surface area (Å²) in [5.74, 6) is -0.691. The first kappa shape index (κ1) is 30.4. The number of aryl methyl sites for hydroxylation is 1. The van der Waals surface area contributed by atoms with Crippen molar-refractivity contribution in [1.29, 1.82) is 5.41 Å². The van der Waals surface area contributed by atoms with Crippen molar-refractivity contribution in [2.45, 2.75) is 33.1 Å². The lowest BCUT2D eigenvalue weighted by Crippen LogP contribution is -2.39. The molecule has 6 N–H and O–H groups in total. The zero-order valence-corrected chi connectivity index (χ0v) is 24.1. The number of esters is 1. The van der Waals surface area contributed by atoms with Gasteiger partial charge in [0.1, 0.15) is 11.9 Å². The Morgan fingerprint density at radius 3 is 2.44 bits per heavy atom. The number of carbonyl (C=O) groups is 2. The van der Waals surface area contributed by atoms with E-state index in [-0.39, 0.29) is 23.9 Å². The Hall–Kier alpha value is -5.59. The molecule has 0 fully saturated rings. The van der Waals surface area contributed by atoms with Crippen LogP contribution in [0.5, 0.6) is 11.5 Å². The zero-order valence-electron chi connectivity index (χ0n) is 24.1. The summed E-state index contributed by atoms with van der Waals surface area (Å²) in [4.78, 5) is 39.8. The molecule has 0 aliphatic heterocycles. The molecule has 0 saturated carbocycles. The number of hydrogen-bond acceptors (Lipinski definition) is 9. The van der Waals surface area contributed by atoms with E-state index in [1.807, 2.05) is 25.1 Å². The minimum absolute atomic E-state index is 0.0647. The van der Waals surface area contributed by atoms with E-state index in [4.69, 9.17) is 25.4 Å². The van der Waals surface area contributed by atoms with E-state index in [0.717, 1.165) is 5.56 Å². The highest BCUT2D eigenvalue weighted by atomic mass is 16.7. The molecule has 0 aliphatic rings. The smallest absolute Gasteiger partial charge is 0.348 e. The lowest BCUT2D eigenvalue weighted by Gasteiger charge is -2.22. The third-order valence-corrected chi connectivity index (χ3v) is 6.33. The molecule has 4 aromatic rings. The number of aromatic nitrogens is 3. The van der Waals surface area contributed by atoms with Crippen molar-refractivity contribution < 1.29 is 23.8 Å². The van der Waals surface area contributed by atoms with Gasteiger partial charge in [0.05, 0.1) is 12.3 Å². The first-order valence-corrected chi connectivity index (χ1v) is 13.4. The Morgan fingerprint density at radius 1 is 1.09 bits per heavy atom. The van der Waals surface area contributed by atoms with Crippen LogP contribution in [-0.2, 0) is 14.3 Å². The highest BCUT2D eigenvalue weighted by Gasteiger charge is 2.26. The van der Waals surface area contributed by atoms with Gasteiger partial charge in [-0.3, -0.25) is 20.0 Å². The number of ether oxygens (including phenoxy) is 3. The number of anilines is 1. The zero-order chi connectivity index (χ0) is 31.1. The summed E-state index contributed by atoms with van der Waals surface area (Å²) in [6.45, 7) is 5.10. The van der Waals surface area contributed by atoms with Crippen LogP contribution in [0, 0.1) is 12.3 Å². The Balaban J connectivity index is 1.79. The number of nitrogens with one attached hydrogen (secondary N) is 4. The predicted octanol–water partition coefficient (Wildman–Crippen LogP) is 2.77. The number of likely N-dealkylation sites (N-methyl/N-ethyl adjacent to an activating group) is 1. The molecule has 4 rings (SSSR count). The summed E-state index contributed by atoms with van der Waals surface area (Å²) in [5.41, 5.74) is 8.52. The summed E-state index contributed by atoms with van der Waals surface area (Å²) < 4.78 is 17.9. The quantitative estimate of drug-likeness (QED) is 0.0719. The average Bonchev–Trinajstić information content (AvgIpc) is 3.37. The number of nitrogen functional groups attached to an aromatic ring is 1. The molecule has 2 unspecified atom stereocenters. The molecule has 0 radical (unpaired) electrons. The number of nitrogens with two attached hydrogens (primary N) is 1. The lowest BCUT2D eigenvalue weighted by atomic mass is 10.0. The number of benzene rings is 3. The largest absolute Gasteiger partial charge is 0.490 e. The van der Waals surface area contributed by atoms with E-state index in [1.165, 1.54) is 18.7 Å². The van der Waals surface area contributed by atoms with Gasteiger partial charge in [0.25, 0.3) is 0 Å². The summed E-state index contributed by atoms with van der Waals surface area (Å²) in [7, 11) is 1.39. The molecule has 0 spiro atoms. The van der Waals surface area contributed by atoms with Crippen LogP contribution in [0.2, 0.25) is 0 Å². The SMILES string of the molecule is CCOc1cc(C(Nc2ccc(C(=N)N)cc2)c2nn(-c3ccccc3C)c(=O)[nH]2)ccc1OC(OC(C)=O)C(=O)NC. The van der Waals surface area contributed by atoms with Crippen LogP contribution >= 0.6 is 0 Å². The van der Waals surface area contributed by atoms with Crippen LogP contribution in [0.4, 0.5) is 5.69 Å². The third kappa shape index (κ3) is 7.19. The van der Waals surface area contributed by atoms with E-state index in [9.17, 15) is 14.4 Å². The second-order valence-electron chi connectivity index (χ2n) is 9.39. The molecule has 1 amide bonds. The van der Waals surface area contributed by atoms with Gasteiger partial charge in [-0.05, 0) is 67.4 Å². The second-order valence-corrected chi connectivity index (χ2v) is 9.39. The normalized spacial score (nSPS) is 12.1. The van der Waals surface area contributed by atoms with Gasteiger partial charge < -0.3 is 30.6 Å². The van der Waals surface area contributed by atoms with Gasteiger partial charge in [-0.2, -0.15) is 4.68 Å². The Kier molecular flexibility index (Phi) is 9.45. The van der Waals surface area contributed by atoms with Gasteiger partial charge in [0.2, 0.25) is 0 Å². The molecule has 224 valence electrons. The highest BCUT2D eigenvalue weighted by molar-refractivity contribution is 5.95. The van der Waals surface area contributed by atoms with Crippen LogP contribution in [0.15, 0.2) is 71.5 Å². The Morgan fingerprint density at radius 2 is 1.81 bits per heavy atom. The summed E-state index contributed by atoms with van der Waals surface area (Å²) in [5, 5.41) is 18.1. The minimum Gasteiger partial charge on any atom is -0.490 e. The predicted molar refractivity (Wildman–Crippen MR) is 160 cm³/mol. The van der Waals surface area contributed by atoms with E-state index in [1.54, 1.807) is 55.5 Å². The van der Waals surface area contributed by atoms with Crippen LogP contribution in [0.3, 0.4) is 0 Å². The number of nitrogens with zero attached hydrogens (tertiary/aromatic N) is 2. The Bertz CT molecular complexity index is 1680. The van der Waals surface area contributed by atoms with Crippen molar-refractivity contribution in [1.82, 2.24) is 20.1 Å².